The molecule has 0 heterocycles. The summed E-state index contributed by atoms with van der Waals surface area (Å²) in [6.45, 7) is 0.0584. The Labute approximate surface area is 75.0 Å². The third-order valence-corrected chi connectivity index (χ3v) is 1.37. The van der Waals surface area contributed by atoms with Gasteiger partial charge in [0.2, 0.25) is 0 Å². The van der Waals surface area contributed by atoms with E-state index < -0.39 is 5.97 Å². The summed E-state index contributed by atoms with van der Waals surface area (Å²) in [4.78, 5) is 28.5. The van der Waals surface area contributed by atoms with Gasteiger partial charge in [-0.05, 0) is 5.56 Å². The quantitative estimate of drug-likeness (QED) is 0.391. The number of hydrogen-bond acceptors (Lipinski definition) is 4. The first kappa shape index (κ1) is 9.25. The first-order valence-corrected chi connectivity index (χ1v) is 3.66. The normalized spacial score (nSPS) is 8.92. The third-order valence-electron chi connectivity index (χ3n) is 1.37. The van der Waals surface area contributed by atoms with Gasteiger partial charge >= 0.3 is 12.4 Å². The lowest BCUT2D eigenvalue weighted by atomic mass is 10.2. The second-order valence-corrected chi connectivity index (χ2v) is 2.31. The summed E-state index contributed by atoms with van der Waals surface area (Å²) in [6.07, 6.45) is 0.0919. The number of carbonyl (C=O) groups excluding carboxylic acids is 2. The van der Waals surface area contributed by atoms with E-state index in [-0.39, 0.29) is 12.9 Å². The van der Waals surface area contributed by atoms with Gasteiger partial charge in [0.25, 0.3) is 0 Å². The predicted molar refractivity (Wildman–Crippen MR) is 43.4 cm³/mol. The SMILES string of the molecule is O=COOC(=O)Cc1ccccc1. The highest BCUT2D eigenvalue weighted by molar-refractivity contribution is 5.72. The van der Waals surface area contributed by atoms with Crippen molar-refractivity contribution in [3.63, 3.8) is 0 Å². The van der Waals surface area contributed by atoms with Gasteiger partial charge in [-0.3, -0.25) is 9.68 Å². The first-order chi connectivity index (χ1) is 6.33. The van der Waals surface area contributed by atoms with Gasteiger partial charge in [-0.1, -0.05) is 30.3 Å². The molecule has 0 fully saturated rings. The van der Waals surface area contributed by atoms with Crippen LogP contribution in [0, 0.1) is 0 Å². The maximum atomic E-state index is 10.9. The van der Waals surface area contributed by atoms with Crippen LogP contribution in [-0.2, 0) is 25.8 Å². The first-order valence-electron chi connectivity index (χ1n) is 3.66. The van der Waals surface area contributed by atoms with Crippen molar-refractivity contribution in [1.29, 1.82) is 0 Å². The Kier molecular flexibility index (Phi) is 3.50. The Hall–Kier alpha value is -1.84. The van der Waals surface area contributed by atoms with Crippen LogP contribution in [0.1, 0.15) is 5.56 Å². The van der Waals surface area contributed by atoms with Gasteiger partial charge in [0.15, 0.2) is 0 Å². The molecule has 68 valence electrons. The smallest absolute Gasteiger partial charge is 0.251 e. The maximum Gasteiger partial charge on any atom is 0.359 e. The molecule has 0 aliphatic carbocycles. The summed E-state index contributed by atoms with van der Waals surface area (Å²) >= 11 is 0. The van der Waals surface area contributed by atoms with E-state index >= 15 is 0 Å². The molecule has 1 rings (SSSR count). The molecular weight excluding hydrogens is 172 g/mol. The largest absolute Gasteiger partial charge is 0.359 e. The van der Waals surface area contributed by atoms with E-state index in [0.29, 0.717) is 0 Å². The van der Waals surface area contributed by atoms with E-state index in [9.17, 15) is 9.59 Å². The van der Waals surface area contributed by atoms with Crippen LogP contribution in [-0.4, -0.2) is 12.4 Å². The second kappa shape index (κ2) is 4.92. The zero-order valence-electron chi connectivity index (χ0n) is 6.80. The van der Waals surface area contributed by atoms with Gasteiger partial charge in [-0.2, -0.15) is 0 Å². The second-order valence-electron chi connectivity index (χ2n) is 2.31. The number of carbonyl (C=O) groups is 2. The van der Waals surface area contributed by atoms with Crippen molar-refractivity contribution in [3.05, 3.63) is 35.9 Å². The number of hydrogen-bond donors (Lipinski definition) is 0. The Morgan fingerprint density at radius 3 is 2.62 bits per heavy atom. The fraction of sp³-hybridized carbons (Fsp3) is 0.111. The van der Waals surface area contributed by atoms with E-state index in [4.69, 9.17) is 0 Å². The van der Waals surface area contributed by atoms with E-state index in [1.165, 1.54) is 0 Å². The van der Waals surface area contributed by atoms with Gasteiger partial charge < -0.3 is 0 Å². The topological polar surface area (TPSA) is 52.6 Å². The van der Waals surface area contributed by atoms with Crippen LogP contribution < -0.4 is 0 Å². The van der Waals surface area contributed by atoms with Crippen molar-refractivity contribution in [1.82, 2.24) is 0 Å². The molecule has 0 saturated carbocycles. The van der Waals surface area contributed by atoms with Crippen LogP contribution in [0.5, 0.6) is 0 Å². The van der Waals surface area contributed by atoms with Crippen molar-refractivity contribution in [2.24, 2.45) is 0 Å². The lowest BCUT2D eigenvalue weighted by Gasteiger charge is -1.98. The Morgan fingerprint density at radius 2 is 2.00 bits per heavy atom. The molecule has 0 aromatic heterocycles. The fourth-order valence-electron chi connectivity index (χ4n) is 0.865. The average molecular weight is 180 g/mol. The van der Waals surface area contributed by atoms with Gasteiger partial charge in [0, 0.05) is 0 Å². The third kappa shape index (κ3) is 3.37. The molecule has 0 bridgehead atoms. The van der Waals surface area contributed by atoms with Crippen molar-refractivity contribution < 1.29 is 19.4 Å². The van der Waals surface area contributed by atoms with Gasteiger partial charge in [-0.25, -0.2) is 9.68 Å². The van der Waals surface area contributed by atoms with Crippen molar-refractivity contribution in [2.45, 2.75) is 6.42 Å². The molecule has 0 unspecified atom stereocenters. The zero-order valence-corrected chi connectivity index (χ0v) is 6.80. The molecule has 0 spiro atoms. The van der Waals surface area contributed by atoms with Crippen LogP contribution in [0.3, 0.4) is 0 Å². The summed E-state index contributed by atoms with van der Waals surface area (Å²) in [5.41, 5.74) is 0.807. The predicted octanol–water partition coefficient (Wildman–Crippen LogP) is 0.860. The molecule has 4 heteroatoms. The zero-order chi connectivity index (χ0) is 9.52. The molecule has 0 aliphatic rings. The standard InChI is InChI=1S/C9H8O4/c10-7-12-13-9(11)6-8-4-2-1-3-5-8/h1-5,7H,6H2. The molecule has 0 saturated heterocycles. The minimum atomic E-state index is -0.599. The van der Waals surface area contributed by atoms with Crippen LogP contribution >= 0.6 is 0 Å². The van der Waals surface area contributed by atoms with Crippen molar-refractivity contribution in [2.75, 3.05) is 0 Å². The van der Waals surface area contributed by atoms with Crippen LogP contribution in [0.25, 0.3) is 0 Å². The molecular formula is C9H8O4. The molecule has 0 N–H and O–H groups in total. The van der Waals surface area contributed by atoms with E-state index in [0.717, 1.165) is 5.56 Å². The Bertz CT molecular complexity index is 281. The number of rotatable bonds is 4. The Balaban J connectivity index is 2.41. The fourth-order valence-corrected chi connectivity index (χ4v) is 0.865. The van der Waals surface area contributed by atoms with Crippen molar-refractivity contribution in [3.8, 4) is 0 Å². The summed E-state index contributed by atoms with van der Waals surface area (Å²) in [5.74, 6) is -0.599. The van der Waals surface area contributed by atoms with Crippen LogP contribution in [0.4, 0.5) is 0 Å². The molecule has 0 amide bonds. The molecule has 0 atom stereocenters. The lowest BCUT2D eigenvalue weighted by molar-refractivity contribution is -0.247. The van der Waals surface area contributed by atoms with E-state index in [1.807, 2.05) is 18.2 Å². The summed E-state index contributed by atoms with van der Waals surface area (Å²) in [6, 6.07) is 9.02. The van der Waals surface area contributed by atoms with Gasteiger partial charge in [-0.15, -0.1) is 0 Å². The van der Waals surface area contributed by atoms with Gasteiger partial charge in [0.1, 0.15) is 0 Å². The molecule has 0 radical (unpaired) electrons. The minimum Gasteiger partial charge on any atom is -0.251 e. The summed E-state index contributed by atoms with van der Waals surface area (Å²) < 4.78 is 0. The molecule has 1 aromatic carbocycles. The molecule has 0 aliphatic heterocycles. The lowest BCUT2D eigenvalue weighted by Crippen LogP contribution is -2.07. The molecule has 1 aromatic rings. The van der Waals surface area contributed by atoms with Crippen molar-refractivity contribution >= 4 is 12.4 Å². The monoisotopic (exact) mass is 180 g/mol. The minimum absolute atomic E-state index is 0.0584. The van der Waals surface area contributed by atoms with Crippen LogP contribution in [0.2, 0.25) is 0 Å². The maximum absolute atomic E-state index is 10.9. The van der Waals surface area contributed by atoms with E-state index in [1.54, 1.807) is 12.1 Å². The average Bonchev–Trinajstić information content (AvgIpc) is 2.16. The van der Waals surface area contributed by atoms with E-state index in [2.05, 4.69) is 9.78 Å². The highest BCUT2D eigenvalue weighted by Gasteiger charge is 2.04. The highest BCUT2D eigenvalue weighted by Crippen LogP contribution is 2.00. The highest BCUT2D eigenvalue weighted by atomic mass is 17.2. The number of benzene rings is 1. The van der Waals surface area contributed by atoms with Gasteiger partial charge in [0.05, 0.1) is 6.42 Å². The summed E-state index contributed by atoms with van der Waals surface area (Å²) in [5, 5.41) is 0. The summed E-state index contributed by atoms with van der Waals surface area (Å²) in [7, 11) is 0. The Morgan fingerprint density at radius 1 is 1.31 bits per heavy atom. The molecule has 4 nitrogen and oxygen atoms in total. The molecule has 13 heavy (non-hydrogen) atoms. The van der Waals surface area contributed by atoms with Crippen LogP contribution in [0.15, 0.2) is 30.3 Å².